The number of nitrogens with two attached hydrogens (primary N) is 1. The minimum atomic E-state index is 0.234. The molecule has 0 radical (unpaired) electrons. The number of hydrogen-bond donors (Lipinski definition) is 1. The summed E-state index contributed by atoms with van der Waals surface area (Å²) in [5.74, 6) is 1.91. The highest BCUT2D eigenvalue weighted by atomic mass is 16.5. The maximum atomic E-state index is 5.94. The Bertz CT molecular complexity index is 933. The van der Waals surface area contributed by atoms with Crippen molar-refractivity contribution >= 4 is 11.6 Å². The zero-order valence-electron chi connectivity index (χ0n) is 12.0. The van der Waals surface area contributed by atoms with E-state index in [1.54, 1.807) is 42.9 Å². The fourth-order valence-electron chi connectivity index (χ4n) is 2.14. The summed E-state index contributed by atoms with van der Waals surface area (Å²) in [5, 5.41) is 4.29. The van der Waals surface area contributed by atoms with Crippen molar-refractivity contribution in [1.29, 1.82) is 0 Å². The Morgan fingerprint density at radius 2 is 2.17 bits per heavy atom. The second kappa shape index (κ2) is 5.41. The number of ether oxygens (including phenoxy) is 1. The van der Waals surface area contributed by atoms with Gasteiger partial charge in [0.25, 0.3) is 0 Å². The zero-order chi connectivity index (χ0) is 15.6. The number of furan rings is 1. The lowest BCUT2D eigenvalue weighted by atomic mass is 10.4. The van der Waals surface area contributed by atoms with E-state index in [9.17, 15) is 0 Å². The van der Waals surface area contributed by atoms with Crippen molar-refractivity contribution in [1.82, 2.24) is 24.6 Å². The van der Waals surface area contributed by atoms with E-state index in [-0.39, 0.29) is 12.6 Å². The topological polar surface area (TPSA) is 104 Å². The molecule has 0 fully saturated rings. The third kappa shape index (κ3) is 2.57. The van der Waals surface area contributed by atoms with Crippen LogP contribution in [0, 0.1) is 0 Å². The molecule has 114 valence electrons. The molecule has 2 N–H and O–H groups in total. The molecule has 8 heteroatoms. The van der Waals surface area contributed by atoms with Crippen LogP contribution in [0.4, 0.5) is 5.95 Å². The van der Waals surface area contributed by atoms with Gasteiger partial charge in [0.1, 0.15) is 12.4 Å². The van der Waals surface area contributed by atoms with Gasteiger partial charge in [0.2, 0.25) is 11.8 Å². The molecule has 0 aromatic carbocycles. The first-order valence-corrected chi connectivity index (χ1v) is 6.88. The molecule has 4 rings (SSSR count). The predicted octanol–water partition coefficient (Wildman–Crippen LogP) is 1.94. The first kappa shape index (κ1) is 13.3. The number of anilines is 1. The summed E-state index contributed by atoms with van der Waals surface area (Å²) in [6.07, 6.45) is 4.88. The third-order valence-electron chi connectivity index (χ3n) is 3.17. The molecule has 0 amide bonds. The Kier molecular flexibility index (Phi) is 3.12. The van der Waals surface area contributed by atoms with E-state index < -0.39 is 0 Å². The van der Waals surface area contributed by atoms with Crippen molar-refractivity contribution in [3.8, 4) is 17.3 Å². The standard InChI is InChI=1S/C15H12N6O2/c16-15-18-10(9-23-11-3-1-5-17-8-11)7-13-19-14(20-21(13)15)12-4-2-6-22-12/h1-8H,9H2,(H2,16,18). The molecule has 0 aliphatic heterocycles. The van der Waals surface area contributed by atoms with Crippen LogP contribution >= 0.6 is 0 Å². The van der Waals surface area contributed by atoms with Crippen LogP contribution in [-0.4, -0.2) is 24.6 Å². The average molecular weight is 308 g/mol. The summed E-state index contributed by atoms with van der Waals surface area (Å²) in [5.41, 5.74) is 7.17. The van der Waals surface area contributed by atoms with Crippen molar-refractivity contribution < 1.29 is 9.15 Å². The predicted molar refractivity (Wildman–Crippen MR) is 81.5 cm³/mol. The molecule has 0 aliphatic carbocycles. The van der Waals surface area contributed by atoms with Crippen LogP contribution in [0.5, 0.6) is 5.75 Å². The number of aromatic nitrogens is 5. The van der Waals surface area contributed by atoms with E-state index in [4.69, 9.17) is 14.9 Å². The molecule has 23 heavy (non-hydrogen) atoms. The van der Waals surface area contributed by atoms with Gasteiger partial charge in [-0.1, -0.05) is 0 Å². The monoisotopic (exact) mass is 308 g/mol. The highest BCUT2D eigenvalue weighted by Crippen LogP contribution is 2.18. The highest BCUT2D eigenvalue weighted by Gasteiger charge is 2.12. The van der Waals surface area contributed by atoms with Gasteiger partial charge in [-0.05, 0) is 24.3 Å². The van der Waals surface area contributed by atoms with Crippen molar-refractivity contribution in [2.75, 3.05) is 5.73 Å². The van der Waals surface area contributed by atoms with Crippen LogP contribution in [0.15, 0.2) is 53.4 Å². The smallest absolute Gasteiger partial charge is 0.223 e. The SMILES string of the molecule is Nc1nc(COc2cccnc2)cc2nc(-c3ccco3)nn12. The second-order valence-corrected chi connectivity index (χ2v) is 4.77. The average Bonchev–Trinajstić information content (AvgIpc) is 3.23. The van der Waals surface area contributed by atoms with Crippen LogP contribution < -0.4 is 10.5 Å². The van der Waals surface area contributed by atoms with Crippen LogP contribution in [-0.2, 0) is 6.61 Å². The molecule has 4 aromatic heterocycles. The fraction of sp³-hybridized carbons (Fsp3) is 0.0667. The van der Waals surface area contributed by atoms with Crippen LogP contribution in [0.25, 0.3) is 17.2 Å². The lowest BCUT2D eigenvalue weighted by Gasteiger charge is -2.06. The minimum absolute atomic E-state index is 0.234. The number of rotatable bonds is 4. The highest BCUT2D eigenvalue weighted by molar-refractivity contribution is 5.54. The molecule has 0 aliphatic rings. The van der Waals surface area contributed by atoms with Gasteiger partial charge in [-0.25, -0.2) is 9.97 Å². The molecule has 0 spiro atoms. The van der Waals surface area contributed by atoms with E-state index in [1.807, 2.05) is 6.07 Å². The largest absolute Gasteiger partial charge is 0.486 e. The second-order valence-electron chi connectivity index (χ2n) is 4.77. The molecule has 8 nitrogen and oxygen atoms in total. The molecule has 0 saturated carbocycles. The van der Waals surface area contributed by atoms with E-state index >= 15 is 0 Å². The van der Waals surface area contributed by atoms with Gasteiger partial charge in [0.05, 0.1) is 18.2 Å². The van der Waals surface area contributed by atoms with Gasteiger partial charge in [-0.3, -0.25) is 4.98 Å². The number of hydrogen-bond acceptors (Lipinski definition) is 7. The number of nitrogens with zero attached hydrogens (tertiary/aromatic N) is 5. The lowest BCUT2D eigenvalue weighted by molar-refractivity contribution is 0.300. The van der Waals surface area contributed by atoms with Gasteiger partial charge in [-0.2, -0.15) is 4.52 Å². The summed E-state index contributed by atoms with van der Waals surface area (Å²) >= 11 is 0. The van der Waals surface area contributed by atoms with Crippen LogP contribution in [0.3, 0.4) is 0 Å². The van der Waals surface area contributed by atoms with Gasteiger partial charge >= 0.3 is 0 Å². The van der Waals surface area contributed by atoms with Crippen molar-refractivity contribution in [3.05, 3.63) is 54.7 Å². The first-order valence-electron chi connectivity index (χ1n) is 6.88. The maximum Gasteiger partial charge on any atom is 0.223 e. The quantitative estimate of drug-likeness (QED) is 0.614. The third-order valence-corrected chi connectivity index (χ3v) is 3.17. The Hall–Kier alpha value is -3.42. The van der Waals surface area contributed by atoms with Crippen molar-refractivity contribution in [3.63, 3.8) is 0 Å². The molecule has 4 heterocycles. The summed E-state index contributed by atoms with van der Waals surface area (Å²) in [6.45, 7) is 0.259. The number of nitrogen functional groups attached to an aromatic ring is 1. The van der Waals surface area contributed by atoms with E-state index in [0.29, 0.717) is 28.7 Å². The molecule has 0 bridgehead atoms. The maximum absolute atomic E-state index is 5.94. The molecule has 0 atom stereocenters. The van der Waals surface area contributed by atoms with Gasteiger partial charge in [0.15, 0.2) is 11.4 Å². The molecule has 4 aromatic rings. The van der Waals surface area contributed by atoms with E-state index in [0.717, 1.165) is 0 Å². The molecule has 0 saturated heterocycles. The normalized spacial score (nSPS) is 11.0. The first-order chi connectivity index (χ1) is 11.3. The summed E-state index contributed by atoms with van der Waals surface area (Å²) in [4.78, 5) is 12.7. The van der Waals surface area contributed by atoms with E-state index in [2.05, 4.69) is 20.1 Å². The Labute approximate surface area is 130 Å². The van der Waals surface area contributed by atoms with Gasteiger partial charge in [0, 0.05) is 12.3 Å². The van der Waals surface area contributed by atoms with Crippen LogP contribution in [0.2, 0.25) is 0 Å². The number of pyridine rings is 1. The molecular formula is C15H12N6O2. The zero-order valence-corrected chi connectivity index (χ0v) is 12.0. The summed E-state index contributed by atoms with van der Waals surface area (Å²) < 4.78 is 12.4. The van der Waals surface area contributed by atoms with E-state index in [1.165, 1.54) is 4.52 Å². The van der Waals surface area contributed by atoms with Crippen LogP contribution in [0.1, 0.15) is 5.69 Å². The van der Waals surface area contributed by atoms with Crippen molar-refractivity contribution in [2.45, 2.75) is 6.61 Å². The molecular weight excluding hydrogens is 296 g/mol. The van der Waals surface area contributed by atoms with Gasteiger partial charge in [-0.15, -0.1) is 5.10 Å². The number of fused-ring (bicyclic) bond motifs is 1. The lowest BCUT2D eigenvalue weighted by Crippen LogP contribution is -2.07. The molecule has 0 unspecified atom stereocenters. The fourth-order valence-corrected chi connectivity index (χ4v) is 2.14. The Balaban J connectivity index is 1.64. The summed E-state index contributed by atoms with van der Waals surface area (Å²) in [7, 11) is 0. The minimum Gasteiger partial charge on any atom is -0.486 e. The Morgan fingerprint density at radius 1 is 1.22 bits per heavy atom. The summed E-state index contributed by atoms with van der Waals surface area (Å²) in [6, 6.07) is 8.95. The van der Waals surface area contributed by atoms with Crippen molar-refractivity contribution in [2.24, 2.45) is 0 Å². The Morgan fingerprint density at radius 3 is 2.96 bits per heavy atom. The van der Waals surface area contributed by atoms with Gasteiger partial charge < -0.3 is 14.9 Å².